The Morgan fingerprint density at radius 2 is 1.75 bits per heavy atom. The van der Waals surface area contributed by atoms with Crippen LogP contribution in [-0.2, 0) is 4.74 Å². The van der Waals surface area contributed by atoms with Gasteiger partial charge in [0.25, 0.3) is 0 Å². The van der Waals surface area contributed by atoms with Crippen molar-refractivity contribution in [1.82, 2.24) is 0 Å². The normalized spacial score (nSPS) is 25.8. The molecule has 11 nitrogen and oxygen atoms in total. The third kappa shape index (κ3) is 3.40. The average molecular weight is 450 g/mol. The number of phenols is 1. The molecule has 5 atom stereocenters. The fourth-order valence-electron chi connectivity index (χ4n) is 3.69. The number of rotatable bonds is 5. The van der Waals surface area contributed by atoms with E-state index in [0.29, 0.717) is 0 Å². The van der Waals surface area contributed by atoms with Gasteiger partial charge < -0.3 is 48.9 Å². The number of hydrogen-bond acceptors (Lipinski definition) is 11. The van der Waals surface area contributed by atoms with Crippen LogP contribution in [0.2, 0.25) is 0 Å². The molecular weight excluding hydrogens is 428 g/mol. The first-order chi connectivity index (χ1) is 15.3. The van der Waals surface area contributed by atoms with E-state index in [2.05, 4.69) is 0 Å². The Balaban J connectivity index is 1.88. The summed E-state index contributed by atoms with van der Waals surface area (Å²) >= 11 is 0. The second-order valence-corrected chi connectivity index (χ2v) is 7.21. The van der Waals surface area contributed by atoms with Crippen LogP contribution in [0.3, 0.4) is 0 Å². The number of ether oxygens (including phenoxy) is 4. The van der Waals surface area contributed by atoms with Gasteiger partial charge in [0.2, 0.25) is 17.5 Å². The fraction of sp³-hybridized carbons (Fsp3) is 0.381. The molecule has 2 heterocycles. The molecule has 0 unspecified atom stereocenters. The first kappa shape index (κ1) is 22.1. The Morgan fingerprint density at radius 3 is 2.41 bits per heavy atom. The van der Waals surface area contributed by atoms with Crippen molar-refractivity contribution < 1.29 is 48.9 Å². The molecule has 5 N–H and O–H groups in total. The number of aromatic hydroxyl groups is 1. The van der Waals surface area contributed by atoms with Gasteiger partial charge in [-0.2, -0.15) is 0 Å². The highest BCUT2D eigenvalue weighted by Gasteiger charge is 2.45. The molecule has 0 amide bonds. The van der Waals surface area contributed by atoms with E-state index >= 15 is 0 Å². The highest BCUT2D eigenvalue weighted by molar-refractivity contribution is 5.98. The van der Waals surface area contributed by atoms with Gasteiger partial charge in [0.1, 0.15) is 35.6 Å². The molecule has 1 aliphatic rings. The van der Waals surface area contributed by atoms with Crippen LogP contribution in [0.25, 0.3) is 21.9 Å². The van der Waals surface area contributed by atoms with Gasteiger partial charge in [0.05, 0.1) is 26.2 Å². The van der Waals surface area contributed by atoms with E-state index in [1.165, 1.54) is 20.3 Å². The number of methoxy groups -OCH3 is 2. The molecule has 172 valence electrons. The lowest BCUT2D eigenvalue weighted by molar-refractivity contribution is -0.277. The van der Waals surface area contributed by atoms with E-state index in [1.807, 2.05) is 0 Å². The van der Waals surface area contributed by atoms with Crippen molar-refractivity contribution in [3.05, 3.63) is 34.5 Å². The van der Waals surface area contributed by atoms with Crippen LogP contribution in [0.1, 0.15) is 0 Å². The summed E-state index contributed by atoms with van der Waals surface area (Å²) < 4.78 is 27.4. The number of benzene rings is 2. The van der Waals surface area contributed by atoms with E-state index in [1.54, 1.807) is 12.1 Å². The number of para-hydroxylation sites is 1. The monoisotopic (exact) mass is 450 g/mol. The fourth-order valence-corrected chi connectivity index (χ4v) is 3.69. The van der Waals surface area contributed by atoms with Gasteiger partial charge >= 0.3 is 0 Å². The smallest absolute Gasteiger partial charge is 0.229 e. The molecule has 1 aromatic heterocycles. The van der Waals surface area contributed by atoms with Crippen LogP contribution >= 0.6 is 0 Å². The molecule has 32 heavy (non-hydrogen) atoms. The van der Waals surface area contributed by atoms with Gasteiger partial charge in [0, 0.05) is 6.07 Å². The van der Waals surface area contributed by atoms with Crippen molar-refractivity contribution in [3.63, 3.8) is 0 Å². The Morgan fingerprint density at radius 1 is 1.00 bits per heavy atom. The summed E-state index contributed by atoms with van der Waals surface area (Å²) in [5, 5.41) is 50.1. The Bertz CT molecular complexity index is 1200. The predicted octanol–water partition coefficient (Wildman–Crippen LogP) is -0.152. The molecule has 11 heteroatoms. The molecule has 0 spiro atoms. The zero-order valence-corrected chi connectivity index (χ0v) is 17.1. The molecule has 0 radical (unpaired) electrons. The van der Waals surface area contributed by atoms with Crippen LogP contribution in [0, 0.1) is 0 Å². The Labute approximate surface area is 180 Å². The van der Waals surface area contributed by atoms with Crippen molar-refractivity contribution in [2.24, 2.45) is 0 Å². The zero-order chi connectivity index (χ0) is 23.2. The minimum absolute atomic E-state index is 0.0975. The molecule has 0 saturated carbocycles. The molecular formula is C21H22O11. The summed E-state index contributed by atoms with van der Waals surface area (Å²) in [7, 11) is 2.69. The summed E-state index contributed by atoms with van der Waals surface area (Å²) in [6.45, 7) is -0.647. The van der Waals surface area contributed by atoms with Crippen molar-refractivity contribution in [2.75, 3.05) is 20.8 Å². The second kappa shape index (κ2) is 8.45. The number of aliphatic hydroxyl groups excluding tert-OH is 4. The zero-order valence-electron chi connectivity index (χ0n) is 17.1. The van der Waals surface area contributed by atoms with Gasteiger partial charge in [-0.25, -0.2) is 0 Å². The standard InChI is InChI=1S/C21H22O11/c1-28-10-5-3-4-8-14(24)13-9(23)6-11(19(29-2)20(13)32-18(8)10)30-21-17(27)16(26)15(25)12(7-22)31-21/h3-6,12,15-17,21-23,25-27H,7H2,1-2H3/t12-,15-,16+,17-,21-/m1/s1. The number of hydrogen-bond donors (Lipinski definition) is 5. The van der Waals surface area contributed by atoms with Crippen molar-refractivity contribution in [2.45, 2.75) is 30.7 Å². The van der Waals surface area contributed by atoms with Crippen LogP contribution in [0.5, 0.6) is 23.0 Å². The van der Waals surface area contributed by atoms with Gasteiger partial charge in [-0.05, 0) is 12.1 Å². The SMILES string of the molecule is COc1cccc2c(=O)c3c(O)cc(O[C@@H]4O[C@H](CO)[C@@H](O)[C@H](O)[C@H]4O)c(OC)c3oc12. The lowest BCUT2D eigenvalue weighted by Crippen LogP contribution is -2.60. The molecule has 3 aromatic rings. The van der Waals surface area contributed by atoms with E-state index in [-0.39, 0.29) is 39.2 Å². The Hall–Kier alpha value is -3.09. The lowest BCUT2D eigenvalue weighted by Gasteiger charge is -2.39. The van der Waals surface area contributed by atoms with Crippen LogP contribution in [0.15, 0.2) is 33.5 Å². The molecule has 2 aromatic carbocycles. The van der Waals surface area contributed by atoms with E-state index in [4.69, 9.17) is 23.4 Å². The highest BCUT2D eigenvalue weighted by Crippen LogP contribution is 2.43. The second-order valence-electron chi connectivity index (χ2n) is 7.21. The van der Waals surface area contributed by atoms with E-state index in [0.717, 1.165) is 6.07 Å². The summed E-state index contributed by atoms with van der Waals surface area (Å²) in [4.78, 5) is 13.0. The third-order valence-corrected chi connectivity index (χ3v) is 5.35. The molecule has 0 aliphatic carbocycles. The van der Waals surface area contributed by atoms with Crippen LogP contribution < -0.4 is 19.6 Å². The van der Waals surface area contributed by atoms with Crippen molar-refractivity contribution >= 4 is 21.9 Å². The van der Waals surface area contributed by atoms with Gasteiger partial charge in [-0.1, -0.05) is 6.07 Å². The molecule has 1 aliphatic heterocycles. The topological polar surface area (TPSA) is 168 Å². The largest absolute Gasteiger partial charge is 0.507 e. The number of aliphatic hydroxyl groups is 4. The van der Waals surface area contributed by atoms with Gasteiger partial charge in [-0.15, -0.1) is 0 Å². The van der Waals surface area contributed by atoms with E-state index < -0.39 is 48.5 Å². The summed E-state index contributed by atoms with van der Waals surface area (Å²) in [5.74, 6) is -0.485. The molecule has 4 rings (SSSR count). The molecule has 1 fully saturated rings. The van der Waals surface area contributed by atoms with Crippen LogP contribution in [-0.4, -0.2) is 77.1 Å². The maximum atomic E-state index is 13.0. The summed E-state index contributed by atoms with van der Waals surface area (Å²) in [6.07, 6.45) is -7.68. The minimum atomic E-state index is -1.70. The maximum absolute atomic E-state index is 13.0. The molecule has 1 saturated heterocycles. The predicted molar refractivity (Wildman–Crippen MR) is 109 cm³/mol. The third-order valence-electron chi connectivity index (χ3n) is 5.35. The molecule has 0 bridgehead atoms. The van der Waals surface area contributed by atoms with Gasteiger partial charge in [-0.3, -0.25) is 4.79 Å². The number of phenolic OH excluding ortho intramolecular Hbond substituents is 1. The highest BCUT2D eigenvalue weighted by atomic mass is 16.7. The van der Waals surface area contributed by atoms with Crippen LogP contribution in [0.4, 0.5) is 0 Å². The first-order valence-corrected chi connectivity index (χ1v) is 9.63. The average Bonchev–Trinajstić information content (AvgIpc) is 2.79. The van der Waals surface area contributed by atoms with Crippen molar-refractivity contribution in [3.8, 4) is 23.0 Å². The lowest BCUT2D eigenvalue weighted by atomic mass is 9.99. The number of fused-ring (bicyclic) bond motifs is 2. The van der Waals surface area contributed by atoms with Crippen molar-refractivity contribution in [1.29, 1.82) is 0 Å². The quantitative estimate of drug-likeness (QED) is 0.328. The van der Waals surface area contributed by atoms with E-state index in [9.17, 15) is 30.3 Å². The summed E-state index contributed by atoms with van der Waals surface area (Å²) in [5.41, 5.74) is -0.556. The Kier molecular flexibility index (Phi) is 5.84. The first-order valence-electron chi connectivity index (χ1n) is 9.63. The maximum Gasteiger partial charge on any atom is 0.229 e. The minimum Gasteiger partial charge on any atom is -0.507 e. The van der Waals surface area contributed by atoms with Gasteiger partial charge in [0.15, 0.2) is 22.7 Å². The summed E-state index contributed by atoms with van der Waals surface area (Å²) in [6, 6.07) is 5.80.